The topological polar surface area (TPSA) is 0 Å². The first-order valence-electron chi connectivity index (χ1n) is 6.24. The predicted octanol–water partition coefficient (Wildman–Crippen LogP) is 4.62. The highest BCUT2D eigenvalue weighted by atomic mass is 14.4. The van der Waals surface area contributed by atoms with Crippen molar-refractivity contribution in [2.45, 2.75) is 58.3 Å². The fraction of sp³-hybridized carbons (Fsp3) is 0.714. The van der Waals surface area contributed by atoms with E-state index in [0.717, 1.165) is 0 Å². The summed E-state index contributed by atoms with van der Waals surface area (Å²) in [6.07, 6.45) is 18.3. The Kier molecular flexibility index (Phi) is 3.10. The van der Waals surface area contributed by atoms with Crippen LogP contribution >= 0.6 is 0 Å². The Labute approximate surface area is 88.1 Å². The van der Waals surface area contributed by atoms with Crippen molar-refractivity contribution < 1.29 is 0 Å². The smallest absolute Gasteiger partial charge is 0.00501 e. The van der Waals surface area contributed by atoms with Gasteiger partial charge in [0.15, 0.2) is 0 Å². The predicted molar refractivity (Wildman–Crippen MR) is 62.3 cm³/mol. The van der Waals surface area contributed by atoms with Gasteiger partial charge in [-0.25, -0.2) is 0 Å². The van der Waals surface area contributed by atoms with Crippen molar-refractivity contribution in [1.82, 2.24) is 0 Å². The van der Waals surface area contributed by atoms with Gasteiger partial charge in [-0.05, 0) is 36.7 Å². The van der Waals surface area contributed by atoms with Crippen LogP contribution in [0.15, 0.2) is 23.8 Å². The van der Waals surface area contributed by atoms with Gasteiger partial charge in [0.2, 0.25) is 0 Å². The van der Waals surface area contributed by atoms with E-state index >= 15 is 0 Å². The lowest BCUT2D eigenvalue weighted by molar-refractivity contribution is 0.334. The molecule has 0 aromatic carbocycles. The summed E-state index contributed by atoms with van der Waals surface area (Å²) in [4.78, 5) is 0. The molecule has 0 bridgehead atoms. The Morgan fingerprint density at radius 2 is 2.07 bits per heavy atom. The molecule has 2 rings (SSSR count). The number of unbranched alkanes of at least 4 members (excludes halogenated alkanes) is 1. The highest BCUT2D eigenvalue weighted by Gasteiger charge is 2.35. The standard InChI is InChI=1S/C14H22/c1-2-3-10-14(11-6-7-12-14)13-8-4-5-9-13/h4,8-9H,2-3,5-7,10-12H2,1H3. The van der Waals surface area contributed by atoms with Crippen LogP contribution in [0.4, 0.5) is 0 Å². The van der Waals surface area contributed by atoms with Gasteiger partial charge in [0.1, 0.15) is 0 Å². The van der Waals surface area contributed by atoms with E-state index in [1.807, 2.05) is 0 Å². The number of rotatable bonds is 4. The second-order valence-corrected chi connectivity index (χ2v) is 4.89. The highest BCUT2D eigenvalue weighted by molar-refractivity contribution is 5.33. The molecule has 0 unspecified atom stereocenters. The Bertz CT molecular complexity index is 239. The largest absolute Gasteiger partial charge is 0.0804 e. The van der Waals surface area contributed by atoms with Gasteiger partial charge in [0.25, 0.3) is 0 Å². The molecule has 0 aliphatic heterocycles. The first-order chi connectivity index (χ1) is 6.87. The minimum Gasteiger partial charge on any atom is -0.0804 e. The zero-order valence-corrected chi connectivity index (χ0v) is 9.39. The Morgan fingerprint density at radius 3 is 2.64 bits per heavy atom. The second-order valence-electron chi connectivity index (χ2n) is 4.89. The van der Waals surface area contributed by atoms with Crippen molar-refractivity contribution in [2.75, 3.05) is 0 Å². The van der Waals surface area contributed by atoms with Gasteiger partial charge >= 0.3 is 0 Å². The van der Waals surface area contributed by atoms with Crippen LogP contribution in [-0.2, 0) is 0 Å². The molecule has 2 aliphatic carbocycles. The first kappa shape index (κ1) is 10.0. The zero-order valence-electron chi connectivity index (χ0n) is 9.39. The fourth-order valence-corrected chi connectivity index (χ4v) is 3.10. The van der Waals surface area contributed by atoms with Gasteiger partial charge < -0.3 is 0 Å². The van der Waals surface area contributed by atoms with E-state index in [-0.39, 0.29) is 0 Å². The molecular formula is C14H22. The van der Waals surface area contributed by atoms with E-state index < -0.39 is 0 Å². The lowest BCUT2D eigenvalue weighted by Crippen LogP contribution is -2.17. The minimum absolute atomic E-state index is 0.600. The Balaban J connectivity index is 2.09. The van der Waals surface area contributed by atoms with Crippen LogP contribution in [-0.4, -0.2) is 0 Å². The van der Waals surface area contributed by atoms with E-state index in [0.29, 0.717) is 5.41 Å². The monoisotopic (exact) mass is 190 g/mol. The van der Waals surface area contributed by atoms with Crippen LogP contribution in [0.2, 0.25) is 0 Å². The summed E-state index contributed by atoms with van der Waals surface area (Å²) in [6, 6.07) is 0. The first-order valence-corrected chi connectivity index (χ1v) is 6.24. The van der Waals surface area contributed by atoms with Crippen LogP contribution in [0.5, 0.6) is 0 Å². The van der Waals surface area contributed by atoms with Crippen LogP contribution < -0.4 is 0 Å². The maximum Gasteiger partial charge on any atom is -0.00501 e. The molecule has 0 N–H and O–H groups in total. The summed E-state index contributed by atoms with van der Waals surface area (Å²) < 4.78 is 0. The minimum atomic E-state index is 0.600. The highest BCUT2D eigenvalue weighted by Crippen LogP contribution is 2.49. The average Bonchev–Trinajstić information content (AvgIpc) is 2.86. The van der Waals surface area contributed by atoms with Crippen molar-refractivity contribution in [1.29, 1.82) is 0 Å². The van der Waals surface area contributed by atoms with E-state index in [9.17, 15) is 0 Å². The third-order valence-electron chi connectivity index (χ3n) is 3.95. The van der Waals surface area contributed by atoms with Gasteiger partial charge in [-0.15, -0.1) is 0 Å². The molecule has 78 valence electrons. The fourth-order valence-electron chi connectivity index (χ4n) is 3.10. The second kappa shape index (κ2) is 4.33. The van der Waals surface area contributed by atoms with Crippen molar-refractivity contribution in [3.05, 3.63) is 23.8 Å². The third-order valence-corrected chi connectivity index (χ3v) is 3.95. The van der Waals surface area contributed by atoms with Gasteiger partial charge in [0.05, 0.1) is 0 Å². The van der Waals surface area contributed by atoms with E-state index in [1.165, 1.54) is 51.4 Å². The number of hydrogen-bond donors (Lipinski definition) is 0. The van der Waals surface area contributed by atoms with Gasteiger partial charge in [-0.3, -0.25) is 0 Å². The molecule has 0 heteroatoms. The molecule has 0 saturated heterocycles. The summed E-state index contributed by atoms with van der Waals surface area (Å²) in [5, 5.41) is 0. The van der Waals surface area contributed by atoms with Crippen LogP contribution in [0.25, 0.3) is 0 Å². The molecule has 0 atom stereocenters. The van der Waals surface area contributed by atoms with Crippen LogP contribution in [0.1, 0.15) is 58.3 Å². The van der Waals surface area contributed by atoms with Gasteiger partial charge in [-0.1, -0.05) is 50.8 Å². The zero-order chi connectivity index (χ0) is 9.86. The quantitative estimate of drug-likeness (QED) is 0.606. The molecule has 0 nitrogen and oxygen atoms in total. The van der Waals surface area contributed by atoms with Crippen LogP contribution in [0, 0.1) is 5.41 Å². The van der Waals surface area contributed by atoms with E-state index in [4.69, 9.17) is 0 Å². The lowest BCUT2D eigenvalue weighted by Gasteiger charge is -2.30. The van der Waals surface area contributed by atoms with E-state index in [1.54, 1.807) is 5.57 Å². The van der Waals surface area contributed by atoms with Crippen molar-refractivity contribution >= 4 is 0 Å². The van der Waals surface area contributed by atoms with Crippen molar-refractivity contribution in [3.8, 4) is 0 Å². The molecule has 0 spiro atoms. The molecule has 0 amide bonds. The molecule has 1 saturated carbocycles. The van der Waals surface area contributed by atoms with Gasteiger partial charge in [-0.2, -0.15) is 0 Å². The summed E-state index contributed by atoms with van der Waals surface area (Å²) in [5.74, 6) is 0. The normalized spacial score (nSPS) is 24.2. The number of hydrogen-bond acceptors (Lipinski definition) is 0. The summed E-state index contributed by atoms with van der Waals surface area (Å²) in [6.45, 7) is 2.31. The van der Waals surface area contributed by atoms with Crippen molar-refractivity contribution in [2.24, 2.45) is 5.41 Å². The molecule has 0 heterocycles. The number of allylic oxidation sites excluding steroid dienone is 4. The molecule has 0 aromatic rings. The SMILES string of the molecule is CCCCC1(C2=CCC=C2)CCCC1. The summed E-state index contributed by atoms with van der Waals surface area (Å²) in [5.41, 5.74) is 2.27. The average molecular weight is 190 g/mol. The van der Waals surface area contributed by atoms with E-state index in [2.05, 4.69) is 25.2 Å². The third kappa shape index (κ3) is 1.80. The lowest BCUT2D eigenvalue weighted by atomic mass is 9.75. The molecule has 1 fully saturated rings. The molecule has 2 aliphatic rings. The molecule has 0 radical (unpaired) electrons. The molecule has 14 heavy (non-hydrogen) atoms. The van der Waals surface area contributed by atoms with Crippen molar-refractivity contribution in [3.63, 3.8) is 0 Å². The molecular weight excluding hydrogens is 168 g/mol. The van der Waals surface area contributed by atoms with Gasteiger partial charge in [0, 0.05) is 0 Å². The Morgan fingerprint density at radius 1 is 1.29 bits per heavy atom. The maximum absolute atomic E-state index is 2.46. The maximum atomic E-state index is 2.46. The van der Waals surface area contributed by atoms with Crippen LogP contribution in [0.3, 0.4) is 0 Å². The summed E-state index contributed by atoms with van der Waals surface area (Å²) >= 11 is 0. The Hall–Kier alpha value is -0.520. The molecule has 0 aromatic heterocycles. The summed E-state index contributed by atoms with van der Waals surface area (Å²) in [7, 11) is 0.